The van der Waals surface area contributed by atoms with Gasteiger partial charge in [0.1, 0.15) is 0 Å². The molecule has 0 aromatic heterocycles. The summed E-state index contributed by atoms with van der Waals surface area (Å²) >= 11 is 0. The van der Waals surface area contributed by atoms with E-state index in [1.165, 1.54) is 45.2 Å². The van der Waals surface area contributed by atoms with Crippen LogP contribution in [0.5, 0.6) is 0 Å². The molecule has 0 aromatic rings. The molecule has 1 rings (SSSR count). The van der Waals surface area contributed by atoms with Gasteiger partial charge in [0.15, 0.2) is 5.96 Å². The van der Waals surface area contributed by atoms with Crippen LogP contribution in [0.25, 0.3) is 0 Å². The van der Waals surface area contributed by atoms with Crippen LogP contribution in [-0.2, 0) is 0 Å². The zero-order valence-corrected chi connectivity index (χ0v) is 16.9. The maximum atomic E-state index is 4.26. The highest BCUT2D eigenvalue weighted by Gasteiger charge is 2.17. The molecule has 1 aliphatic heterocycles. The van der Waals surface area contributed by atoms with Crippen LogP contribution in [0.1, 0.15) is 59.8 Å². The molecule has 1 unspecified atom stereocenters. The predicted octanol–water partition coefficient (Wildman–Crippen LogP) is 3.22. The molecular formula is C16H35IN4. The molecule has 1 saturated heterocycles. The summed E-state index contributed by atoms with van der Waals surface area (Å²) in [6, 6.07) is 0.784. The smallest absolute Gasteiger partial charge is 0.191 e. The average molecular weight is 410 g/mol. The summed E-state index contributed by atoms with van der Waals surface area (Å²) in [6.07, 6.45) is 6.64. The molecule has 1 atom stereocenters. The molecular weight excluding hydrogens is 375 g/mol. The number of rotatable bonds is 5. The van der Waals surface area contributed by atoms with Crippen LogP contribution in [0.15, 0.2) is 4.99 Å². The van der Waals surface area contributed by atoms with Crippen molar-refractivity contribution in [2.24, 2.45) is 4.99 Å². The molecule has 1 heterocycles. The number of halogens is 1. The third-order valence-electron chi connectivity index (χ3n) is 3.82. The Morgan fingerprint density at radius 1 is 1.24 bits per heavy atom. The van der Waals surface area contributed by atoms with Gasteiger partial charge in [-0.15, -0.1) is 24.0 Å². The maximum Gasteiger partial charge on any atom is 0.191 e. The number of likely N-dealkylation sites (tertiary alicyclic amines) is 1. The van der Waals surface area contributed by atoms with Gasteiger partial charge in [-0.05, 0) is 66.5 Å². The van der Waals surface area contributed by atoms with E-state index in [9.17, 15) is 0 Å². The fourth-order valence-electron chi connectivity index (χ4n) is 2.67. The van der Waals surface area contributed by atoms with Crippen molar-refractivity contribution in [1.29, 1.82) is 0 Å². The highest BCUT2D eigenvalue weighted by Crippen LogP contribution is 2.16. The Morgan fingerprint density at radius 2 is 1.95 bits per heavy atom. The van der Waals surface area contributed by atoms with Crippen molar-refractivity contribution in [3.8, 4) is 0 Å². The normalized spacial score (nSPS) is 20.8. The van der Waals surface area contributed by atoms with E-state index in [0.717, 1.165) is 18.5 Å². The molecule has 1 fully saturated rings. The second kappa shape index (κ2) is 10.6. The van der Waals surface area contributed by atoms with E-state index in [-0.39, 0.29) is 29.5 Å². The van der Waals surface area contributed by atoms with Crippen LogP contribution < -0.4 is 10.6 Å². The Balaban J connectivity index is 0.00000400. The minimum Gasteiger partial charge on any atom is -0.356 e. The van der Waals surface area contributed by atoms with Crippen molar-refractivity contribution in [1.82, 2.24) is 15.5 Å². The fourth-order valence-corrected chi connectivity index (χ4v) is 2.67. The third kappa shape index (κ3) is 9.55. The summed E-state index contributed by atoms with van der Waals surface area (Å²) in [4.78, 5) is 6.90. The quantitative estimate of drug-likeness (QED) is 0.317. The summed E-state index contributed by atoms with van der Waals surface area (Å²) in [5.74, 6) is 0.906. The van der Waals surface area contributed by atoms with Crippen molar-refractivity contribution < 1.29 is 0 Å². The van der Waals surface area contributed by atoms with Gasteiger partial charge in [0.05, 0.1) is 0 Å². The molecule has 126 valence electrons. The molecule has 4 nitrogen and oxygen atoms in total. The fraction of sp³-hybridized carbons (Fsp3) is 0.938. The van der Waals surface area contributed by atoms with Crippen molar-refractivity contribution >= 4 is 29.9 Å². The van der Waals surface area contributed by atoms with Crippen molar-refractivity contribution in [3.05, 3.63) is 0 Å². The van der Waals surface area contributed by atoms with Crippen molar-refractivity contribution in [3.63, 3.8) is 0 Å². The second-order valence-electron chi connectivity index (χ2n) is 6.96. The second-order valence-corrected chi connectivity index (χ2v) is 6.96. The van der Waals surface area contributed by atoms with E-state index in [2.05, 4.69) is 48.2 Å². The van der Waals surface area contributed by atoms with Crippen LogP contribution in [0.4, 0.5) is 0 Å². The highest BCUT2D eigenvalue weighted by molar-refractivity contribution is 14.0. The Hall–Kier alpha value is -0.0400. The van der Waals surface area contributed by atoms with Gasteiger partial charge < -0.3 is 15.5 Å². The summed E-state index contributed by atoms with van der Waals surface area (Å²) < 4.78 is 0. The van der Waals surface area contributed by atoms with E-state index < -0.39 is 0 Å². The number of unbranched alkanes of at least 4 members (excludes halogenated alkanes) is 1. The van der Waals surface area contributed by atoms with Crippen LogP contribution in [-0.4, -0.2) is 49.1 Å². The number of hydrogen-bond acceptors (Lipinski definition) is 2. The molecule has 2 N–H and O–H groups in total. The molecule has 0 saturated carbocycles. The number of aliphatic imine (C=N–C) groups is 1. The van der Waals surface area contributed by atoms with Crippen molar-refractivity contribution in [2.75, 3.05) is 26.7 Å². The molecule has 1 aliphatic rings. The molecule has 0 radical (unpaired) electrons. The van der Waals surface area contributed by atoms with Crippen LogP contribution >= 0.6 is 24.0 Å². The van der Waals surface area contributed by atoms with Gasteiger partial charge in [-0.2, -0.15) is 0 Å². The Bertz CT molecular complexity index is 299. The Morgan fingerprint density at radius 3 is 2.52 bits per heavy atom. The lowest BCUT2D eigenvalue weighted by Gasteiger charge is -2.33. The first-order valence-corrected chi connectivity index (χ1v) is 8.15. The van der Waals surface area contributed by atoms with E-state index >= 15 is 0 Å². The average Bonchev–Trinajstić information content (AvgIpc) is 2.37. The molecule has 0 bridgehead atoms. The molecule has 5 heteroatoms. The third-order valence-corrected chi connectivity index (χ3v) is 3.82. The first-order chi connectivity index (χ1) is 9.42. The standard InChI is InChI=1S/C16H34N4.HI/c1-14-10-6-8-12-20(14)13-9-7-11-18-15(17-5)19-16(2,3)4;/h14H,6-13H2,1-5H3,(H2,17,18,19);1H. The van der Waals surface area contributed by atoms with Gasteiger partial charge >= 0.3 is 0 Å². The van der Waals surface area contributed by atoms with Gasteiger partial charge in [-0.25, -0.2) is 0 Å². The van der Waals surface area contributed by atoms with Gasteiger partial charge in [-0.3, -0.25) is 4.99 Å². The minimum absolute atomic E-state index is 0. The molecule has 0 amide bonds. The lowest BCUT2D eigenvalue weighted by molar-refractivity contribution is 0.158. The van der Waals surface area contributed by atoms with E-state index in [0.29, 0.717) is 0 Å². The monoisotopic (exact) mass is 410 g/mol. The van der Waals surface area contributed by atoms with E-state index in [4.69, 9.17) is 0 Å². The number of hydrogen-bond donors (Lipinski definition) is 2. The topological polar surface area (TPSA) is 39.7 Å². The predicted molar refractivity (Wildman–Crippen MR) is 104 cm³/mol. The van der Waals surface area contributed by atoms with Crippen LogP contribution in [0.3, 0.4) is 0 Å². The Kier molecular flexibility index (Phi) is 10.6. The summed E-state index contributed by atoms with van der Waals surface area (Å²) in [7, 11) is 1.83. The number of piperidine rings is 1. The summed E-state index contributed by atoms with van der Waals surface area (Å²) in [5.41, 5.74) is 0.0606. The van der Waals surface area contributed by atoms with Gasteiger partial charge in [0.2, 0.25) is 0 Å². The van der Waals surface area contributed by atoms with Gasteiger partial charge in [0.25, 0.3) is 0 Å². The largest absolute Gasteiger partial charge is 0.356 e. The van der Waals surface area contributed by atoms with Gasteiger partial charge in [-0.1, -0.05) is 6.42 Å². The highest BCUT2D eigenvalue weighted by atomic mass is 127. The van der Waals surface area contributed by atoms with Crippen LogP contribution in [0.2, 0.25) is 0 Å². The number of nitrogens with one attached hydrogen (secondary N) is 2. The summed E-state index contributed by atoms with van der Waals surface area (Å²) in [5, 5.41) is 6.78. The molecule has 21 heavy (non-hydrogen) atoms. The van der Waals surface area contributed by atoms with Crippen LogP contribution in [0, 0.1) is 0 Å². The van der Waals surface area contributed by atoms with E-state index in [1.54, 1.807) is 0 Å². The molecule has 0 spiro atoms. The number of guanidine groups is 1. The zero-order chi connectivity index (χ0) is 15.0. The summed E-state index contributed by atoms with van der Waals surface area (Å²) in [6.45, 7) is 12.4. The van der Waals surface area contributed by atoms with E-state index in [1.807, 2.05) is 7.05 Å². The first-order valence-electron chi connectivity index (χ1n) is 8.15. The SMILES string of the molecule is CN=C(NCCCCN1CCCCC1C)NC(C)(C)C.I. The molecule has 0 aromatic carbocycles. The lowest BCUT2D eigenvalue weighted by atomic mass is 10.0. The first kappa shape index (κ1) is 21.0. The maximum absolute atomic E-state index is 4.26. The Labute approximate surface area is 148 Å². The molecule has 0 aliphatic carbocycles. The van der Waals surface area contributed by atoms with Crippen molar-refractivity contribution in [2.45, 2.75) is 71.4 Å². The van der Waals surface area contributed by atoms with Gasteiger partial charge in [0, 0.05) is 25.2 Å². The lowest BCUT2D eigenvalue weighted by Crippen LogP contribution is -2.47. The zero-order valence-electron chi connectivity index (χ0n) is 14.5. The minimum atomic E-state index is 0. The number of nitrogens with zero attached hydrogens (tertiary/aromatic N) is 2.